The zero-order chi connectivity index (χ0) is 20.1. The van der Waals surface area contributed by atoms with Crippen molar-refractivity contribution >= 4 is 29.0 Å². The maximum atomic E-state index is 12.7. The Labute approximate surface area is 175 Å². The van der Waals surface area contributed by atoms with Gasteiger partial charge in [0.25, 0.3) is 5.91 Å². The van der Waals surface area contributed by atoms with Crippen LogP contribution in [0.1, 0.15) is 28.4 Å². The monoisotopic (exact) mass is 409 g/mol. The quantitative estimate of drug-likeness (QED) is 0.721. The van der Waals surface area contributed by atoms with E-state index >= 15 is 0 Å². The number of halogens is 1. The first-order valence-electron chi connectivity index (χ1n) is 9.82. The third kappa shape index (κ3) is 4.78. The minimum absolute atomic E-state index is 0.0200. The van der Waals surface area contributed by atoms with E-state index in [1.54, 1.807) is 18.3 Å². The highest BCUT2D eigenvalue weighted by Gasteiger charge is 2.15. The number of nitrogens with one attached hydrogen (secondary N) is 3. The van der Waals surface area contributed by atoms with E-state index in [0.717, 1.165) is 44.0 Å². The first kappa shape index (κ1) is 19.5. The summed E-state index contributed by atoms with van der Waals surface area (Å²) in [6.07, 6.45) is 10.5. The van der Waals surface area contributed by atoms with Crippen molar-refractivity contribution < 1.29 is 4.79 Å². The lowest BCUT2D eigenvalue weighted by molar-refractivity contribution is 0.102. The molecule has 1 aromatic heterocycles. The highest BCUT2D eigenvalue weighted by atomic mass is 35.5. The lowest BCUT2D eigenvalue weighted by Crippen LogP contribution is -2.28. The summed E-state index contributed by atoms with van der Waals surface area (Å²) < 4.78 is 0. The van der Waals surface area contributed by atoms with Gasteiger partial charge in [0.15, 0.2) is 0 Å². The molecule has 0 aliphatic carbocycles. The second-order valence-electron chi connectivity index (χ2n) is 7.07. The van der Waals surface area contributed by atoms with Crippen molar-refractivity contribution in [3.63, 3.8) is 0 Å². The summed E-state index contributed by atoms with van der Waals surface area (Å²) in [5.41, 5.74) is 2.13. The fourth-order valence-corrected chi connectivity index (χ4v) is 3.72. The van der Waals surface area contributed by atoms with Gasteiger partial charge in [-0.1, -0.05) is 23.8 Å². The molecule has 2 aliphatic rings. The molecular formula is C22H24ClN5O. The smallest absolute Gasteiger partial charge is 0.257 e. The maximum Gasteiger partial charge on any atom is 0.257 e. The summed E-state index contributed by atoms with van der Waals surface area (Å²) in [6.45, 7) is 3.87. The predicted molar refractivity (Wildman–Crippen MR) is 117 cm³/mol. The highest BCUT2D eigenvalue weighted by Crippen LogP contribution is 2.28. The van der Waals surface area contributed by atoms with Crippen LogP contribution in [-0.2, 0) is 0 Å². The molecule has 1 saturated heterocycles. The van der Waals surface area contributed by atoms with Gasteiger partial charge in [-0.3, -0.25) is 4.79 Å². The number of hydrogen-bond acceptors (Lipinski definition) is 5. The van der Waals surface area contributed by atoms with Crippen molar-refractivity contribution in [2.45, 2.75) is 12.5 Å². The summed E-state index contributed by atoms with van der Waals surface area (Å²) in [7, 11) is 0. The summed E-state index contributed by atoms with van der Waals surface area (Å²) in [5, 5.41) is 10.2. The Morgan fingerprint density at radius 2 is 2.10 bits per heavy atom. The van der Waals surface area contributed by atoms with Gasteiger partial charge in [-0.2, -0.15) is 0 Å². The van der Waals surface area contributed by atoms with Gasteiger partial charge in [-0.05, 0) is 61.1 Å². The van der Waals surface area contributed by atoms with E-state index in [1.807, 2.05) is 42.6 Å². The summed E-state index contributed by atoms with van der Waals surface area (Å²) in [4.78, 5) is 19.4. The molecular weight excluding hydrogens is 386 g/mol. The second-order valence-corrected chi connectivity index (χ2v) is 7.48. The second kappa shape index (κ2) is 9.11. The molecule has 1 aromatic carbocycles. The standard InChI is InChI=1S/C22H24ClN5O/c23-19-7-6-17(14-18(19)20-4-1-2-10-25-20)27-22(29)16-5-8-21(26-15-16)28-12-3-9-24-11-13-28/h1-2,4-8,10,14-15,20,24-25H,3,9,11-13H2,(H,27,29). The number of amides is 1. The minimum atomic E-state index is -0.193. The Balaban J connectivity index is 1.45. The Morgan fingerprint density at radius 1 is 1.17 bits per heavy atom. The number of pyridine rings is 1. The predicted octanol–water partition coefficient (Wildman–Crippen LogP) is 3.50. The number of benzene rings is 1. The van der Waals surface area contributed by atoms with Gasteiger partial charge in [-0.15, -0.1) is 0 Å². The number of carbonyl (C=O) groups is 1. The molecule has 3 N–H and O–H groups in total. The minimum Gasteiger partial charge on any atom is -0.381 e. The molecule has 29 heavy (non-hydrogen) atoms. The van der Waals surface area contributed by atoms with E-state index < -0.39 is 0 Å². The molecule has 0 spiro atoms. The molecule has 4 rings (SSSR count). The van der Waals surface area contributed by atoms with Gasteiger partial charge < -0.3 is 20.9 Å². The number of rotatable bonds is 4. The molecule has 1 fully saturated rings. The molecule has 150 valence electrons. The van der Waals surface area contributed by atoms with Crippen molar-refractivity contribution in [3.8, 4) is 0 Å². The van der Waals surface area contributed by atoms with E-state index in [0.29, 0.717) is 16.3 Å². The zero-order valence-corrected chi connectivity index (χ0v) is 16.8. The van der Waals surface area contributed by atoms with Gasteiger partial charge in [0.2, 0.25) is 0 Å². The molecule has 7 heteroatoms. The lowest BCUT2D eigenvalue weighted by Gasteiger charge is -2.21. The molecule has 1 amide bonds. The van der Waals surface area contributed by atoms with Crippen LogP contribution in [0.4, 0.5) is 11.5 Å². The molecule has 3 heterocycles. The molecule has 0 radical (unpaired) electrons. The van der Waals surface area contributed by atoms with Gasteiger partial charge in [0.1, 0.15) is 5.82 Å². The molecule has 0 saturated carbocycles. The Hall–Kier alpha value is -2.83. The number of anilines is 2. The molecule has 1 unspecified atom stereocenters. The van der Waals surface area contributed by atoms with Crippen molar-refractivity contribution in [1.82, 2.24) is 15.6 Å². The molecule has 6 nitrogen and oxygen atoms in total. The fourth-order valence-electron chi connectivity index (χ4n) is 3.48. The topological polar surface area (TPSA) is 69.3 Å². The third-order valence-electron chi connectivity index (χ3n) is 5.05. The van der Waals surface area contributed by atoms with Crippen molar-refractivity contribution in [3.05, 3.63) is 77.1 Å². The van der Waals surface area contributed by atoms with E-state index in [9.17, 15) is 4.79 Å². The largest absolute Gasteiger partial charge is 0.381 e. The molecule has 2 aliphatic heterocycles. The zero-order valence-electron chi connectivity index (χ0n) is 16.1. The van der Waals surface area contributed by atoms with Crippen LogP contribution in [0.2, 0.25) is 5.02 Å². The van der Waals surface area contributed by atoms with Gasteiger partial charge >= 0.3 is 0 Å². The number of dihydropyridines is 1. The van der Waals surface area contributed by atoms with Crippen LogP contribution in [0.15, 0.2) is 61.0 Å². The summed E-state index contributed by atoms with van der Waals surface area (Å²) in [5.74, 6) is 0.712. The van der Waals surface area contributed by atoms with Gasteiger partial charge in [0, 0.05) is 36.5 Å². The van der Waals surface area contributed by atoms with Crippen LogP contribution >= 0.6 is 11.6 Å². The van der Waals surface area contributed by atoms with Gasteiger partial charge in [0.05, 0.1) is 11.6 Å². The van der Waals surface area contributed by atoms with Crippen LogP contribution in [0.3, 0.4) is 0 Å². The lowest BCUT2D eigenvalue weighted by atomic mass is 10.0. The van der Waals surface area contributed by atoms with Crippen molar-refractivity contribution in [2.24, 2.45) is 0 Å². The van der Waals surface area contributed by atoms with E-state index in [1.165, 1.54) is 0 Å². The maximum absolute atomic E-state index is 12.7. The normalized spacial score (nSPS) is 18.8. The molecule has 1 atom stereocenters. The van der Waals surface area contributed by atoms with Crippen molar-refractivity contribution in [2.75, 3.05) is 36.4 Å². The summed E-state index contributed by atoms with van der Waals surface area (Å²) >= 11 is 6.36. The first-order valence-corrected chi connectivity index (χ1v) is 10.2. The number of aromatic nitrogens is 1. The number of carbonyl (C=O) groups excluding carboxylic acids is 1. The van der Waals surface area contributed by atoms with Crippen LogP contribution in [0, 0.1) is 0 Å². The summed E-state index contributed by atoms with van der Waals surface area (Å²) in [6, 6.07) is 9.22. The number of allylic oxidation sites excluding steroid dienone is 2. The fraction of sp³-hybridized carbons (Fsp3) is 0.273. The third-order valence-corrected chi connectivity index (χ3v) is 5.39. The van der Waals surface area contributed by atoms with E-state index in [4.69, 9.17) is 11.6 Å². The Kier molecular flexibility index (Phi) is 6.12. The Bertz CT molecular complexity index is 917. The van der Waals surface area contributed by atoms with Crippen LogP contribution in [0.25, 0.3) is 0 Å². The van der Waals surface area contributed by atoms with Crippen LogP contribution < -0.4 is 20.9 Å². The number of hydrogen-bond donors (Lipinski definition) is 3. The Morgan fingerprint density at radius 3 is 2.90 bits per heavy atom. The van der Waals surface area contributed by atoms with Crippen molar-refractivity contribution in [1.29, 1.82) is 0 Å². The van der Waals surface area contributed by atoms with Crippen LogP contribution in [-0.4, -0.2) is 37.1 Å². The molecule has 2 aromatic rings. The highest BCUT2D eigenvalue weighted by molar-refractivity contribution is 6.31. The SMILES string of the molecule is O=C(Nc1ccc(Cl)c(C2C=CC=CN2)c1)c1ccc(N2CCCNCC2)nc1. The van der Waals surface area contributed by atoms with E-state index in [2.05, 4.69) is 25.8 Å². The average molecular weight is 410 g/mol. The first-order chi connectivity index (χ1) is 14.2. The average Bonchev–Trinajstić information content (AvgIpc) is 3.05. The van der Waals surface area contributed by atoms with Crippen LogP contribution in [0.5, 0.6) is 0 Å². The molecule has 0 bridgehead atoms. The van der Waals surface area contributed by atoms with Gasteiger partial charge in [-0.25, -0.2) is 4.98 Å². The van der Waals surface area contributed by atoms with E-state index in [-0.39, 0.29) is 11.9 Å². The number of nitrogens with zero attached hydrogens (tertiary/aromatic N) is 2.